The van der Waals surface area contributed by atoms with E-state index in [0.717, 1.165) is 17.3 Å². The predicted molar refractivity (Wildman–Crippen MR) is 69.6 cm³/mol. The van der Waals surface area contributed by atoms with Crippen LogP contribution in [0.5, 0.6) is 0 Å². The lowest BCUT2D eigenvalue weighted by atomic mass is 10.1. The Morgan fingerprint density at radius 3 is 2.82 bits per heavy atom. The lowest BCUT2D eigenvalue weighted by molar-refractivity contribution is 0.391. The van der Waals surface area contributed by atoms with Gasteiger partial charge in [-0.15, -0.1) is 0 Å². The Balaban J connectivity index is 2.33. The van der Waals surface area contributed by atoms with Crippen LogP contribution in [-0.4, -0.2) is 26.5 Å². The van der Waals surface area contributed by atoms with Gasteiger partial charge in [-0.2, -0.15) is 0 Å². The van der Waals surface area contributed by atoms with E-state index in [1.807, 2.05) is 0 Å². The van der Waals surface area contributed by atoms with E-state index in [4.69, 9.17) is 4.42 Å². The average molecular weight is 322 g/mol. The minimum absolute atomic E-state index is 0.273. The van der Waals surface area contributed by atoms with Crippen LogP contribution in [-0.2, 0) is 9.84 Å². The highest BCUT2D eigenvalue weighted by Crippen LogP contribution is 2.34. The molecule has 2 unspecified atom stereocenters. The molecule has 0 bridgehead atoms. The Bertz CT molecular complexity index is 483. The third kappa shape index (κ3) is 2.58. The number of halogens is 1. The van der Waals surface area contributed by atoms with Crippen LogP contribution in [0.3, 0.4) is 0 Å². The van der Waals surface area contributed by atoms with Crippen LogP contribution in [0.15, 0.2) is 21.2 Å². The zero-order valence-corrected chi connectivity index (χ0v) is 12.1. The van der Waals surface area contributed by atoms with Crippen molar-refractivity contribution in [3.63, 3.8) is 0 Å². The molecule has 1 saturated heterocycles. The maximum atomic E-state index is 12.1. The van der Waals surface area contributed by atoms with Gasteiger partial charge in [0.15, 0.2) is 9.84 Å². The first-order chi connectivity index (χ1) is 8.06. The lowest BCUT2D eigenvalue weighted by Crippen LogP contribution is -2.39. The molecule has 0 radical (unpaired) electrons. The molecule has 1 aromatic rings. The zero-order chi connectivity index (χ0) is 12.5. The first-order valence-corrected chi connectivity index (χ1v) is 8.19. The summed E-state index contributed by atoms with van der Waals surface area (Å²) in [7, 11) is -1.25. The Kier molecular flexibility index (Phi) is 3.95. The predicted octanol–water partition coefficient (Wildman–Crippen LogP) is 2.27. The summed E-state index contributed by atoms with van der Waals surface area (Å²) in [6, 6.07) is 1.51. The molecular formula is C11H16BrNO3S. The minimum atomic E-state index is -3.02. The lowest BCUT2D eigenvalue weighted by Gasteiger charge is -2.28. The van der Waals surface area contributed by atoms with Crippen LogP contribution < -0.4 is 5.32 Å². The molecule has 96 valence electrons. The highest BCUT2D eigenvalue weighted by atomic mass is 79.9. The Labute approximate surface area is 110 Å². The van der Waals surface area contributed by atoms with E-state index in [-0.39, 0.29) is 17.0 Å². The van der Waals surface area contributed by atoms with Crippen molar-refractivity contribution in [1.29, 1.82) is 0 Å². The van der Waals surface area contributed by atoms with Gasteiger partial charge in [-0.25, -0.2) is 8.42 Å². The maximum absolute atomic E-state index is 12.1. The first kappa shape index (κ1) is 13.1. The second kappa shape index (κ2) is 5.12. The van der Waals surface area contributed by atoms with Crippen LogP contribution in [0.25, 0.3) is 0 Å². The number of hydrogen-bond donors (Lipinski definition) is 1. The third-order valence-electron chi connectivity index (χ3n) is 3.24. The summed E-state index contributed by atoms with van der Waals surface area (Å²) >= 11 is 3.38. The molecule has 1 aliphatic heterocycles. The van der Waals surface area contributed by atoms with E-state index in [9.17, 15) is 8.42 Å². The second-order valence-corrected chi connectivity index (χ2v) is 7.49. The topological polar surface area (TPSA) is 59.3 Å². The van der Waals surface area contributed by atoms with E-state index in [0.29, 0.717) is 12.2 Å². The summed E-state index contributed by atoms with van der Waals surface area (Å²) < 4.78 is 30.4. The van der Waals surface area contributed by atoms with Gasteiger partial charge in [0.05, 0.1) is 27.8 Å². The number of sulfone groups is 1. The molecule has 0 saturated carbocycles. The summed E-state index contributed by atoms with van der Waals surface area (Å²) in [6.45, 7) is 0. The van der Waals surface area contributed by atoms with E-state index < -0.39 is 9.84 Å². The second-order valence-electron chi connectivity index (χ2n) is 4.30. The van der Waals surface area contributed by atoms with Gasteiger partial charge in [0.1, 0.15) is 5.76 Å². The molecule has 2 rings (SSSR count). The summed E-state index contributed by atoms with van der Waals surface area (Å²) in [4.78, 5) is 0. The fraction of sp³-hybridized carbons (Fsp3) is 0.636. The quantitative estimate of drug-likeness (QED) is 0.927. The van der Waals surface area contributed by atoms with Crippen molar-refractivity contribution in [2.75, 3.05) is 12.8 Å². The van der Waals surface area contributed by atoms with E-state index in [1.165, 1.54) is 0 Å². The number of hydrogen-bond acceptors (Lipinski definition) is 4. The van der Waals surface area contributed by atoms with Crippen molar-refractivity contribution in [1.82, 2.24) is 5.32 Å². The molecule has 0 aliphatic carbocycles. The highest BCUT2D eigenvalue weighted by molar-refractivity contribution is 9.10. The largest absolute Gasteiger partial charge is 0.466 e. The molecule has 17 heavy (non-hydrogen) atoms. The van der Waals surface area contributed by atoms with Gasteiger partial charge in [-0.1, -0.05) is 6.42 Å². The molecule has 6 heteroatoms. The summed E-state index contributed by atoms with van der Waals surface area (Å²) in [5.74, 6) is 0.955. The number of rotatable bonds is 3. The maximum Gasteiger partial charge on any atom is 0.155 e. The van der Waals surface area contributed by atoms with Gasteiger partial charge in [0, 0.05) is 0 Å². The first-order valence-electron chi connectivity index (χ1n) is 5.68. The van der Waals surface area contributed by atoms with Crippen LogP contribution in [0, 0.1) is 0 Å². The smallest absolute Gasteiger partial charge is 0.155 e. The third-order valence-corrected chi connectivity index (χ3v) is 6.18. The minimum Gasteiger partial charge on any atom is -0.466 e. The number of nitrogens with one attached hydrogen (secondary N) is 1. The fourth-order valence-electron chi connectivity index (χ4n) is 2.37. The highest BCUT2D eigenvalue weighted by Gasteiger charge is 2.37. The molecule has 2 atom stereocenters. The summed E-state index contributed by atoms with van der Waals surface area (Å²) in [5.41, 5.74) is 0. The van der Waals surface area contributed by atoms with Gasteiger partial charge >= 0.3 is 0 Å². The zero-order valence-electron chi connectivity index (χ0n) is 9.65. The monoisotopic (exact) mass is 321 g/mol. The molecule has 2 heterocycles. The van der Waals surface area contributed by atoms with Crippen molar-refractivity contribution in [3.8, 4) is 0 Å². The van der Waals surface area contributed by atoms with Crippen LogP contribution in [0.1, 0.15) is 31.1 Å². The standard InChI is InChI=1S/C11H16BrNO3S/c1-13-10(11-8(12)5-6-16-11)9-4-2-3-7-17(9,14)15/h5-6,9-10,13H,2-4,7H2,1H3. The number of furan rings is 1. The van der Waals surface area contributed by atoms with Crippen molar-refractivity contribution >= 4 is 25.8 Å². The summed E-state index contributed by atoms with van der Waals surface area (Å²) in [5, 5.41) is 2.68. The van der Waals surface area contributed by atoms with Crippen LogP contribution >= 0.6 is 15.9 Å². The van der Waals surface area contributed by atoms with Crippen molar-refractivity contribution in [3.05, 3.63) is 22.6 Å². The Morgan fingerprint density at radius 2 is 2.29 bits per heavy atom. The van der Waals surface area contributed by atoms with Crippen LogP contribution in [0.4, 0.5) is 0 Å². The van der Waals surface area contributed by atoms with Gasteiger partial charge in [-0.05, 0) is 41.9 Å². The molecule has 1 fully saturated rings. The molecule has 1 aliphatic rings. The Morgan fingerprint density at radius 1 is 1.53 bits per heavy atom. The molecule has 1 aromatic heterocycles. The molecule has 0 amide bonds. The van der Waals surface area contributed by atoms with E-state index in [2.05, 4.69) is 21.2 Å². The summed E-state index contributed by atoms with van der Waals surface area (Å²) in [6.07, 6.45) is 4.00. The van der Waals surface area contributed by atoms with Gasteiger partial charge in [0.2, 0.25) is 0 Å². The van der Waals surface area contributed by atoms with E-state index in [1.54, 1.807) is 19.4 Å². The molecule has 0 spiro atoms. The normalized spacial score (nSPS) is 25.6. The van der Waals surface area contributed by atoms with Crippen LogP contribution in [0.2, 0.25) is 0 Å². The fourth-order valence-corrected chi connectivity index (χ4v) is 4.92. The van der Waals surface area contributed by atoms with E-state index >= 15 is 0 Å². The molecular weight excluding hydrogens is 306 g/mol. The molecule has 0 aromatic carbocycles. The van der Waals surface area contributed by atoms with Crippen molar-refractivity contribution < 1.29 is 12.8 Å². The van der Waals surface area contributed by atoms with Gasteiger partial charge in [0.25, 0.3) is 0 Å². The Hall–Kier alpha value is -0.330. The van der Waals surface area contributed by atoms with Crippen molar-refractivity contribution in [2.45, 2.75) is 30.6 Å². The van der Waals surface area contributed by atoms with Crippen molar-refractivity contribution in [2.24, 2.45) is 0 Å². The molecule has 1 N–H and O–H groups in total. The van der Waals surface area contributed by atoms with Gasteiger partial charge in [-0.3, -0.25) is 0 Å². The SMILES string of the molecule is CNC(c1occc1Br)C1CCCCS1(=O)=O. The van der Waals surface area contributed by atoms with Gasteiger partial charge < -0.3 is 9.73 Å². The molecule has 4 nitrogen and oxygen atoms in total. The average Bonchev–Trinajstić information content (AvgIpc) is 2.68.